The molecule has 0 atom stereocenters. The molecular weight excluding hydrogens is 2030 g/mol. The highest BCUT2D eigenvalue weighted by atomic mass is 79.9. The van der Waals surface area contributed by atoms with Gasteiger partial charge in [0.15, 0.2) is 9.84 Å². The number of phenols is 4. The minimum absolute atomic E-state index is 0. The van der Waals surface area contributed by atoms with Gasteiger partial charge in [-0.15, -0.1) is 0 Å². The SMILES string of the molecule is C.C.C.COc1ccc(C)c(C)c1.Cc1ccc(-n2nnnc2NCc2cccc(O)c2)cc1C.Cc1ccc(Br)cc1C.Cc1ccc(C(=O)NCc2cccc(O)c2)cc1C.Cc1ccc(C)c(C)c1.Cc1ccc(O)cc1Cl.Cc1ccc(S(=O)(=O)NCc2cccc(O)c2)cc1Cl.Cc1ccc(S(C)(=O)=O)cc1Cl.Cc1cccc(C)c1C.Cc1cccc(C)c1C.Cc1cccc(Cl)c1C.Cc1ccccc1C. The fourth-order valence-corrected chi connectivity index (χ4v) is 15.7. The van der Waals surface area contributed by atoms with Crippen molar-refractivity contribution in [3.8, 4) is 34.4 Å². The number of carbonyl (C=O) groups is 1. The van der Waals surface area contributed by atoms with Gasteiger partial charge in [0, 0.05) is 56.0 Å². The summed E-state index contributed by atoms with van der Waals surface area (Å²) in [5, 5.41) is 57.2. The molecule has 1 aromatic heterocycles. The molecule has 0 bridgehead atoms. The first-order chi connectivity index (χ1) is 68.3. The molecule has 1 heterocycles. The van der Waals surface area contributed by atoms with E-state index >= 15 is 0 Å². The number of nitrogens with one attached hydrogen (secondary N) is 3. The molecule has 24 heteroatoms. The highest BCUT2D eigenvalue weighted by Crippen LogP contribution is 2.27. The van der Waals surface area contributed by atoms with Crippen LogP contribution in [0.1, 0.15) is 183 Å². The van der Waals surface area contributed by atoms with Crippen LogP contribution in [0.3, 0.4) is 0 Å². The molecule has 0 fully saturated rings. The third-order valence-corrected chi connectivity index (χ3v) is 28.4. The first kappa shape index (κ1) is 131. The predicted molar refractivity (Wildman–Crippen MR) is 630 cm³/mol. The van der Waals surface area contributed by atoms with Crippen molar-refractivity contribution >= 4 is 94.0 Å². The number of hydrogen-bond acceptors (Lipinski definition) is 14. The Morgan fingerprint density at radius 3 is 1.09 bits per heavy atom. The van der Waals surface area contributed by atoms with E-state index in [9.17, 15) is 36.9 Å². The summed E-state index contributed by atoms with van der Waals surface area (Å²) < 4.78 is 56.7. The van der Waals surface area contributed by atoms with Gasteiger partial charge < -0.3 is 35.8 Å². The van der Waals surface area contributed by atoms with Gasteiger partial charge in [0.1, 0.15) is 28.7 Å². The number of rotatable bonds is 13. The highest BCUT2D eigenvalue weighted by molar-refractivity contribution is 9.10. The van der Waals surface area contributed by atoms with Gasteiger partial charge in [-0.3, -0.25) is 4.79 Å². The zero-order valence-electron chi connectivity index (χ0n) is 88.1. The zero-order chi connectivity index (χ0) is 108. The third kappa shape index (κ3) is 47.1. The van der Waals surface area contributed by atoms with Crippen LogP contribution < -0.4 is 20.1 Å². The maximum Gasteiger partial charge on any atom is 0.251 e. The quantitative estimate of drug-likeness (QED) is 0.0567. The Hall–Kier alpha value is -12.9. The maximum atomic E-state index is 12.1. The molecule has 0 aliphatic rings. The molecule has 0 spiro atoms. The molecule has 0 saturated heterocycles. The molecule has 16 aromatic rings. The lowest BCUT2D eigenvalue weighted by atomic mass is 10.1. The predicted octanol–water partition coefficient (Wildman–Crippen LogP) is 33.2. The van der Waals surface area contributed by atoms with Crippen molar-refractivity contribution in [2.75, 3.05) is 18.7 Å². The number of aryl methyl sites for hydroxylation is 21. The van der Waals surface area contributed by atoms with Gasteiger partial charge in [-0.2, -0.15) is 4.68 Å². The van der Waals surface area contributed by atoms with Crippen LogP contribution in [0, 0.1) is 166 Å². The lowest BCUT2D eigenvalue weighted by Gasteiger charge is -2.09. The molecule has 7 N–H and O–H groups in total. The van der Waals surface area contributed by atoms with Gasteiger partial charge in [-0.05, 0) is 449 Å². The van der Waals surface area contributed by atoms with E-state index in [0.29, 0.717) is 45.2 Å². The van der Waals surface area contributed by atoms with E-state index in [-0.39, 0.29) is 67.5 Å². The summed E-state index contributed by atoms with van der Waals surface area (Å²) in [5.74, 6) is 2.15. The Labute approximate surface area is 912 Å². The molecular formula is C124H152BrCl4N7O10S2. The average molecular weight is 2190 g/mol. The average Bonchev–Trinajstić information content (AvgIpc) is 1.60. The highest BCUT2D eigenvalue weighted by Gasteiger charge is 2.17. The van der Waals surface area contributed by atoms with Gasteiger partial charge in [0.05, 0.1) is 22.6 Å². The summed E-state index contributed by atoms with van der Waals surface area (Å²) in [7, 11) is -5.07. The molecule has 0 aliphatic heterocycles. The largest absolute Gasteiger partial charge is 0.508 e. The molecule has 0 saturated carbocycles. The van der Waals surface area contributed by atoms with E-state index < -0.39 is 19.9 Å². The number of sulfonamides is 1. The number of sulfone groups is 1. The molecule has 1 amide bonds. The molecule has 790 valence electrons. The summed E-state index contributed by atoms with van der Waals surface area (Å²) in [6.45, 7) is 50.7. The van der Waals surface area contributed by atoms with E-state index in [0.717, 1.165) is 60.6 Å². The molecule has 0 unspecified atom stereocenters. The van der Waals surface area contributed by atoms with Crippen molar-refractivity contribution in [3.05, 3.63) is 478 Å². The molecule has 148 heavy (non-hydrogen) atoms. The van der Waals surface area contributed by atoms with Crippen LogP contribution in [0.4, 0.5) is 5.95 Å². The van der Waals surface area contributed by atoms with Crippen LogP contribution in [0.5, 0.6) is 28.7 Å². The number of benzene rings is 15. The van der Waals surface area contributed by atoms with Crippen LogP contribution in [0.2, 0.25) is 20.1 Å². The summed E-state index contributed by atoms with van der Waals surface area (Å²) >= 11 is 26.6. The second-order valence-electron chi connectivity index (χ2n) is 35.4. The van der Waals surface area contributed by atoms with E-state index in [2.05, 4.69) is 281 Å². The van der Waals surface area contributed by atoms with Gasteiger partial charge >= 0.3 is 0 Å². The van der Waals surface area contributed by atoms with Crippen molar-refractivity contribution in [1.29, 1.82) is 0 Å². The number of hydrogen-bond donors (Lipinski definition) is 7. The van der Waals surface area contributed by atoms with Crippen molar-refractivity contribution < 1.29 is 46.8 Å². The second kappa shape index (κ2) is 65.8. The number of aromatic nitrogens is 4. The van der Waals surface area contributed by atoms with Crippen LogP contribution in [-0.4, -0.2) is 76.7 Å². The number of nitrogens with zero attached hydrogens (tertiary/aromatic N) is 4. The third-order valence-electron chi connectivity index (χ3n) is 23.8. The maximum absolute atomic E-state index is 12.1. The standard InChI is InChI=1S/C16H17N5O.C16H17NO2.C14H14ClNO3S.C9H12O.3C9H12.C8H9Br.C8H9ClO2S.C8H9Cl.C8H10.C7H7ClO.3CH4/c1-11-6-7-14(8-12(11)2)21-16(18-19-20-21)17-10-13-4-3-5-15(22)9-13;1-11-6-7-14(8-12(11)2)16(19)17-10-13-4-3-5-15(18)9-13;1-10-5-6-13(8-14(10)15)20(18,19)16-9-11-3-2-4-12(17)7-11;1-7-4-5-9(10-3)6-8(7)2;1-7-4-5-8(2)9(3)6-7;2*1-7-5-4-6-8(2)9(7)3;1-6-3-4-8(9)5-7(6)2;1-6-3-4-7(5-8(6)9)12(2,10)11;1-6-4-3-5-8(9)7(6)2;1-7-5-3-4-6-8(7)2;1-5-2-3-6(9)4-7(5)8;;;/h3-9,22H,10H2,1-2H3,(H,17,18,20);3-9,18H,10H2,1-2H3,(H,17,19);2-8,16-17H,9H2,1H3;4-6H,1-3H3;3*4-6H,1-3H3;3-5H,1-2H3;3-5H,1-2H3;3-5H,1-2H3;3-6H,1-2H3;2-4,9H,1H3;3*1H4. The number of halogens is 5. The summed E-state index contributed by atoms with van der Waals surface area (Å²) in [4.78, 5) is 12.4. The number of carbonyl (C=O) groups excluding carboxylic acids is 1. The number of methoxy groups -OCH3 is 1. The van der Waals surface area contributed by atoms with Gasteiger partial charge in [0.25, 0.3) is 5.91 Å². The number of ether oxygens (including phenoxy) is 1. The van der Waals surface area contributed by atoms with Crippen LogP contribution in [0.25, 0.3) is 5.69 Å². The molecule has 15 aromatic carbocycles. The first-order valence-corrected chi connectivity index (χ1v) is 52.6. The van der Waals surface area contributed by atoms with Gasteiger partial charge in [0.2, 0.25) is 16.0 Å². The molecule has 16 rings (SSSR count). The number of anilines is 1. The number of aromatic hydroxyl groups is 4. The number of tetrazole rings is 1. The van der Waals surface area contributed by atoms with E-state index in [4.69, 9.17) is 56.2 Å². The Balaban J connectivity index is 0.000000554. The van der Waals surface area contributed by atoms with Gasteiger partial charge in [-0.25, -0.2) is 21.6 Å². The van der Waals surface area contributed by atoms with Gasteiger partial charge in [-0.1, -0.05) is 265 Å². The van der Waals surface area contributed by atoms with E-state index in [1.165, 1.54) is 148 Å². The lowest BCUT2D eigenvalue weighted by Crippen LogP contribution is -2.23. The van der Waals surface area contributed by atoms with Crippen LogP contribution in [0.15, 0.2) is 312 Å². The van der Waals surface area contributed by atoms with Crippen molar-refractivity contribution in [3.63, 3.8) is 0 Å². The molecule has 0 aliphatic carbocycles. The van der Waals surface area contributed by atoms with Crippen LogP contribution in [-0.2, 0) is 39.5 Å². The normalized spacial score (nSPS) is 10.0. The van der Waals surface area contributed by atoms with E-state index in [1.54, 1.807) is 97.6 Å². The van der Waals surface area contributed by atoms with Crippen molar-refractivity contribution in [2.45, 2.75) is 218 Å². The minimum Gasteiger partial charge on any atom is -0.508 e. The topological polar surface area (TPSA) is 255 Å². The summed E-state index contributed by atoms with van der Waals surface area (Å²) in [6, 6.07) is 92.2. The first-order valence-electron chi connectivity index (χ1n) is 46.9. The fourth-order valence-electron chi connectivity index (χ4n) is 12.7. The monoisotopic (exact) mass is 2180 g/mol. The van der Waals surface area contributed by atoms with Crippen LogP contribution >= 0.6 is 62.3 Å². The molecule has 0 radical (unpaired) electrons. The summed E-state index contributed by atoms with van der Waals surface area (Å²) in [6.07, 6.45) is 1.16. The number of amides is 1. The number of phenolic OH excluding ortho intramolecular Hbond substituents is 4. The minimum atomic E-state index is -3.63. The zero-order valence-corrected chi connectivity index (χ0v) is 94.4. The Morgan fingerprint density at radius 1 is 0.338 bits per heavy atom. The fraction of sp³-hybridized carbons (Fsp3) is 0.258. The smallest absolute Gasteiger partial charge is 0.251 e. The Bertz CT molecular complexity index is 6840. The summed E-state index contributed by atoms with van der Waals surface area (Å²) in [5.41, 5.74) is 34.3. The molecule has 17 nitrogen and oxygen atoms in total. The Morgan fingerprint density at radius 2 is 0.703 bits per heavy atom. The van der Waals surface area contributed by atoms with E-state index in [1.807, 2.05) is 107 Å². The second-order valence-corrected chi connectivity index (χ2v) is 41.8. The lowest BCUT2D eigenvalue weighted by molar-refractivity contribution is 0.0950. The van der Waals surface area contributed by atoms with Crippen molar-refractivity contribution in [1.82, 2.24) is 30.2 Å². The van der Waals surface area contributed by atoms with Crippen molar-refractivity contribution in [2.24, 2.45) is 0 Å². The Kier molecular flexibility index (Phi) is 58.3.